The number of fused-ring (bicyclic) bond motifs is 3. The van der Waals surface area contributed by atoms with Gasteiger partial charge in [-0.15, -0.1) is 0 Å². The minimum absolute atomic E-state index is 0.0882. The number of hydrogen-bond donors (Lipinski definition) is 1. The first-order valence-electron chi connectivity index (χ1n) is 11.2. The van der Waals surface area contributed by atoms with E-state index in [1.165, 1.54) is 16.2 Å². The van der Waals surface area contributed by atoms with E-state index < -0.39 is 0 Å². The average molecular weight is 507 g/mol. The first-order chi connectivity index (χ1) is 16.9. The van der Waals surface area contributed by atoms with Crippen LogP contribution in [0.3, 0.4) is 0 Å². The molecular weight excluding hydrogens is 484 g/mol. The summed E-state index contributed by atoms with van der Waals surface area (Å²) >= 11 is 7.98. The number of rotatable bonds is 6. The molecule has 0 radical (unpaired) electrons. The second kappa shape index (κ2) is 9.59. The second-order valence-electron chi connectivity index (χ2n) is 8.41. The van der Waals surface area contributed by atoms with Crippen molar-refractivity contribution in [3.8, 4) is 27.5 Å². The van der Waals surface area contributed by atoms with Crippen LogP contribution in [0, 0.1) is 0 Å². The molecule has 0 unspecified atom stereocenters. The van der Waals surface area contributed by atoms with E-state index >= 15 is 0 Å². The van der Waals surface area contributed by atoms with Gasteiger partial charge in [0.25, 0.3) is 0 Å². The van der Waals surface area contributed by atoms with Crippen LogP contribution < -0.4 is 5.32 Å². The number of hydrogen-bond acceptors (Lipinski definition) is 6. The van der Waals surface area contributed by atoms with E-state index in [9.17, 15) is 9.59 Å². The summed E-state index contributed by atoms with van der Waals surface area (Å²) in [4.78, 5) is 35.7. The Bertz CT molecular complexity index is 1410. The van der Waals surface area contributed by atoms with Crippen LogP contribution in [0.4, 0.5) is 5.13 Å². The maximum atomic E-state index is 12.5. The molecule has 178 valence electrons. The standard InChI is InChI=1S/C25H23ClN6O2S/c1-31(2)21(34)12-11-20(33)29-25-28-18-10-9-16-22(15-6-5-13-27-14-15)30-32(23(16)24(18)35-25)19-8-4-3-7-17(19)26/h3-8,13-14H,9-12H2,1-2H3,(H,28,29,33). The number of nitrogens with one attached hydrogen (secondary N) is 1. The summed E-state index contributed by atoms with van der Waals surface area (Å²) in [5, 5.41) is 8.94. The van der Waals surface area contributed by atoms with E-state index in [0.717, 1.165) is 51.6 Å². The molecule has 3 heterocycles. The number of para-hydroxylation sites is 1. The zero-order chi connectivity index (χ0) is 24.5. The molecule has 0 spiro atoms. The van der Waals surface area contributed by atoms with Crippen molar-refractivity contribution in [2.45, 2.75) is 25.7 Å². The molecule has 5 rings (SSSR count). The highest BCUT2D eigenvalue weighted by molar-refractivity contribution is 7.19. The SMILES string of the molecule is CN(C)C(=O)CCC(=O)Nc1nc2c(s1)-c1c(c(-c3cccnc3)nn1-c1ccccc1Cl)CC2. The lowest BCUT2D eigenvalue weighted by atomic mass is 9.95. The zero-order valence-corrected chi connectivity index (χ0v) is 20.9. The second-order valence-corrected chi connectivity index (χ2v) is 9.82. The average Bonchev–Trinajstić information content (AvgIpc) is 3.44. The normalized spacial score (nSPS) is 12.1. The third-order valence-corrected chi connectivity index (χ3v) is 7.17. The van der Waals surface area contributed by atoms with E-state index in [4.69, 9.17) is 21.7 Å². The summed E-state index contributed by atoms with van der Waals surface area (Å²) in [5.41, 5.74) is 5.51. The van der Waals surface area contributed by atoms with E-state index in [1.807, 2.05) is 47.3 Å². The molecule has 35 heavy (non-hydrogen) atoms. The van der Waals surface area contributed by atoms with Gasteiger partial charge in [-0.25, -0.2) is 9.67 Å². The minimum atomic E-state index is -0.234. The van der Waals surface area contributed by atoms with Gasteiger partial charge in [-0.05, 0) is 37.1 Å². The van der Waals surface area contributed by atoms with Crippen molar-refractivity contribution in [1.82, 2.24) is 24.6 Å². The molecule has 0 saturated heterocycles. The molecule has 2 amide bonds. The van der Waals surface area contributed by atoms with Crippen LogP contribution in [0.5, 0.6) is 0 Å². The van der Waals surface area contributed by atoms with Crippen LogP contribution in [0.1, 0.15) is 24.1 Å². The smallest absolute Gasteiger partial charge is 0.226 e. The minimum Gasteiger partial charge on any atom is -0.349 e. The lowest BCUT2D eigenvalue weighted by molar-refractivity contribution is -0.130. The van der Waals surface area contributed by atoms with Crippen molar-refractivity contribution >= 4 is 39.9 Å². The topological polar surface area (TPSA) is 93.0 Å². The lowest BCUT2D eigenvalue weighted by Crippen LogP contribution is -2.23. The van der Waals surface area contributed by atoms with E-state index in [-0.39, 0.29) is 24.7 Å². The number of nitrogens with zero attached hydrogens (tertiary/aromatic N) is 5. The van der Waals surface area contributed by atoms with Crippen molar-refractivity contribution in [2.24, 2.45) is 0 Å². The number of anilines is 1. The van der Waals surface area contributed by atoms with Gasteiger partial charge >= 0.3 is 0 Å². The van der Waals surface area contributed by atoms with Crippen molar-refractivity contribution < 1.29 is 9.59 Å². The maximum absolute atomic E-state index is 12.5. The number of aryl methyl sites for hydroxylation is 1. The summed E-state index contributed by atoms with van der Waals surface area (Å²) < 4.78 is 1.87. The summed E-state index contributed by atoms with van der Waals surface area (Å²) in [6, 6.07) is 11.5. The number of pyridine rings is 1. The number of thiazole rings is 1. The fraction of sp³-hybridized carbons (Fsp3) is 0.240. The highest BCUT2D eigenvalue weighted by Gasteiger charge is 2.30. The Kier molecular flexibility index (Phi) is 6.36. The van der Waals surface area contributed by atoms with E-state index in [0.29, 0.717) is 10.2 Å². The van der Waals surface area contributed by atoms with Crippen LogP contribution in [-0.4, -0.2) is 50.6 Å². The Hall–Kier alpha value is -3.56. The molecule has 0 aliphatic heterocycles. The molecule has 1 aromatic carbocycles. The van der Waals surface area contributed by atoms with Gasteiger partial charge in [0.05, 0.1) is 32.7 Å². The number of carbonyl (C=O) groups is 2. The van der Waals surface area contributed by atoms with Gasteiger partial charge in [0.2, 0.25) is 11.8 Å². The molecule has 0 atom stereocenters. The summed E-state index contributed by atoms with van der Waals surface area (Å²) in [7, 11) is 3.35. The number of benzene rings is 1. The van der Waals surface area contributed by atoms with E-state index in [1.54, 1.807) is 20.3 Å². The molecule has 10 heteroatoms. The lowest BCUT2D eigenvalue weighted by Gasteiger charge is -2.14. The van der Waals surface area contributed by atoms with Crippen LogP contribution in [-0.2, 0) is 22.4 Å². The van der Waals surface area contributed by atoms with Gasteiger partial charge in [0, 0.05) is 50.5 Å². The maximum Gasteiger partial charge on any atom is 0.226 e. The predicted molar refractivity (Wildman–Crippen MR) is 137 cm³/mol. The Morgan fingerprint density at radius 1 is 1.14 bits per heavy atom. The molecule has 0 bridgehead atoms. The number of amides is 2. The Morgan fingerprint density at radius 3 is 2.71 bits per heavy atom. The molecule has 1 N–H and O–H groups in total. The number of aromatic nitrogens is 4. The van der Waals surface area contributed by atoms with Crippen LogP contribution in [0.15, 0.2) is 48.8 Å². The predicted octanol–water partition coefficient (Wildman–Crippen LogP) is 4.62. The molecular formula is C25H23ClN6O2S. The highest BCUT2D eigenvalue weighted by Crippen LogP contribution is 2.44. The first-order valence-corrected chi connectivity index (χ1v) is 12.4. The zero-order valence-electron chi connectivity index (χ0n) is 19.3. The molecule has 8 nitrogen and oxygen atoms in total. The van der Waals surface area contributed by atoms with Crippen molar-refractivity contribution in [3.05, 3.63) is 65.1 Å². The summed E-state index contributed by atoms with van der Waals surface area (Å²) in [5.74, 6) is -0.322. The largest absolute Gasteiger partial charge is 0.349 e. The van der Waals surface area contributed by atoms with Gasteiger partial charge in [-0.1, -0.05) is 35.1 Å². The molecule has 3 aromatic heterocycles. The van der Waals surface area contributed by atoms with Crippen LogP contribution in [0.2, 0.25) is 5.02 Å². The number of carbonyl (C=O) groups excluding carboxylic acids is 2. The third-order valence-electron chi connectivity index (χ3n) is 5.83. The monoisotopic (exact) mass is 506 g/mol. The highest BCUT2D eigenvalue weighted by atomic mass is 35.5. The van der Waals surface area contributed by atoms with Crippen LogP contribution in [0.25, 0.3) is 27.5 Å². The van der Waals surface area contributed by atoms with Gasteiger partial charge in [0.1, 0.15) is 0 Å². The Balaban J connectivity index is 1.54. The van der Waals surface area contributed by atoms with Crippen molar-refractivity contribution in [3.63, 3.8) is 0 Å². The summed E-state index contributed by atoms with van der Waals surface area (Å²) in [6.07, 6.45) is 5.30. The fourth-order valence-corrected chi connectivity index (χ4v) is 5.38. The number of halogens is 1. The fourth-order valence-electron chi connectivity index (χ4n) is 4.08. The molecule has 1 aliphatic carbocycles. The molecule has 0 fully saturated rings. The van der Waals surface area contributed by atoms with Gasteiger partial charge in [-0.2, -0.15) is 5.10 Å². The third kappa shape index (κ3) is 4.56. The Labute approximate surface area is 211 Å². The van der Waals surface area contributed by atoms with E-state index in [2.05, 4.69) is 10.3 Å². The quantitative estimate of drug-likeness (QED) is 0.412. The van der Waals surface area contributed by atoms with Gasteiger partial charge in [-0.3, -0.25) is 14.6 Å². The first kappa shape index (κ1) is 23.2. The molecule has 4 aromatic rings. The molecule has 0 saturated carbocycles. The van der Waals surface area contributed by atoms with Crippen LogP contribution >= 0.6 is 22.9 Å². The van der Waals surface area contributed by atoms with Crippen molar-refractivity contribution in [1.29, 1.82) is 0 Å². The molecule has 1 aliphatic rings. The Morgan fingerprint density at radius 2 is 1.97 bits per heavy atom. The summed E-state index contributed by atoms with van der Waals surface area (Å²) in [6.45, 7) is 0. The van der Waals surface area contributed by atoms with Gasteiger partial charge < -0.3 is 10.2 Å². The van der Waals surface area contributed by atoms with Crippen molar-refractivity contribution in [2.75, 3.05) is 19.4 Å². The van der Waals surface area contributed by atoms with Gasteiger partial charge in [0.15, 0.2) is 5.13 Å².